The summed E-state index contributed by atoms with van der Waals surface area (Å²) in [7, 11) is 1.46. The molecule has 0 saturated carbocycles. The fraction of sp³-hybridized carbons (Fsp3) is 0.714. The summed E-state index contributed by atoms with van der Waals surface area (Å²) in [4.78, 5) is 22.2. The van der Waals surface area contributed by atoms with Gasteiger partial charge in [-0.05, 0) is 6.92 Å². The molecule has 0 rings (SSSR count). The normalized spacial score (nSPS) is 12.2. The molecule has 0 saturated heterocycles. The minimum Gasteiger partial charge on any atom is -0.481 e. The molecule has 0 aromatic carbocycles. The molecule has 0 aliphatic carbocycles. The third-order valence-corrected chi connectivity index (χ3v) is 1.27. The summed E-state index contributed by atoms with van der Waals surface area (Å²) in [6.07, 6.45) is -1.16. The molecule has 1 unspecified atom stereocenters. The molecular formula is C7H13NO4. The molecule has 0 aliphatic rings. The number of aliphatic hydroxyl groups is 1. The van der Waals surface area contributed by atoms with E-state index < -0.39 is 24.4 Å². The summed E-state index contributed by atoms with van der Waals surface area (Å²) in [5, 5.41) is 17.1. The Labute approximate surface area is 70.6 Å². The minimum atomic E-state index is -1.16. The molecule has 0 radical (unpaired) electrons. The second-order valence-electron chi connectivity index (χ2n) is 2.69. The summed E-state index contributed by atoms with van der Waals surface area (Å²) in [5.74, 6) is -1.65. The Balaban J connectivity index is 3.85. The van der Waals surface area contributed by atoms with Crippen LogP contribution in [0.25, 0.3) is 0 Å². The molecule has 2 N–H and O–H groups in total. The van der Waals surface area contributed by atoms with Crippen LogP contribution < -0.4 is 0 Å². The Bertz CT molecular complexity index is 178. The third-order valence-electron chi connectivity index (χ3n) is 1.27. The van der Waals surface area contributed by atoms with Gasteiger partial charge in [-0.2, -0.15) is 0 Å². The number of rotatable bonds is 4. The van der Waals surface area contributed by atoms with Crippen molar-refractivity contribution < 1.29 is 19.8 Å². The first-order chi connectivity index (χ1) is 5.43. The predicted molar refractivity (Wildman–Crippen MR) is 41.6 cm³/mol. The molecule has 0 aromatic heterocycles. The van der Waals surface area contributed by atoms with Crippen LogP contribution in [0.5, 0.6) is 0 Å². The van der Waals surface area contributed by atoms with Crippen LogP contribution in [0.3, 0.4) is 0 Å². The fourth-order valence-electron chi connectivity index (χ4n) is 0.762. The Kier molecular flexibility index (Phi) is 4.28. The Morgan fingerprint density at radius 1 is 1.50 bits per heavy atom. The van der Waals surface area contributed by atoms with E-state index in [-0.39, 0.29) is 6.54 Å². The molecule has 12 heavy (non-hydrogen) atoms. The zero-order valence-electron chi connectivity index (χ0n) is 7.15. The standard InChI is InChI=1S/C7H13NO4/c1-5(9)4-8(2)6(10)3-7(11)12/h5,9H,3-4H2,1-2H3,(H,11,12). The lowest BCUT2D eigenvalue weighted by atomic mass is 10.3. The highest BCUT2D eigenvalue weighted by Gasteiger charge is 2.13. The lowest BCUT2D eigenvalue weighted by molar-refractivity contribution is -0.144. The van der Waals surface area contributed by atoms with Crippen molar-refractivity contribution in [3.63, 3.8) is 0 Å². The first-order valence-electron chi connectivity index (χ1n) is 3.57. The van der Waals surface area contributed by atoms with Gasteiger partial charge in [0.15, 0.2) is 0 Å². The number of hydrogen-bond donors (Lipinski definition) is 2. The van der Waals surface area contributed by atoms with Gasteiger partial charge in [-0.15, -0.1) is 0 Å². The van der Waals surface area contributed by atoms with E-state index in [0.29, 0.717) is 0 Å². The van der Waals surface area contributed by atoms with Crippen LogP contribution in [0.15, 0.2) is 0 Å². The van der Waals surface area contributed by atoms with Crippen LogP contribution in [0.4, 0.5) is 0 Å². The van der Waals surface area contributed by atoms with E-state index >= 15 is 0 Å². The van der Waals surface area contributed by atoms with Gasteiger partial charge in [-0.25, -0.2) is 0 Å². The number of carbonyl (C=O) groups excluding carboxylic acids is 1. The average Bonchev–Trinajstić information content (AvgIpc) is 1.84. The molecule has 0 aliphatic heterocycles. The smallest absolute Gasteiger partial charge is 0.312 e. The van der Waals surface area contributed by atoms with Crippen LogP contribution in [0.1, 0.15) is 13.3 Å². The molecule has 5 nitrogen and oxygen atoms in total. The van der Waals surface area contributed by atoms with E-state index in [9.17, 15) is 9.59 Å². The molecule has 0 aromatic rings. The van der Waals surface area contributed by atoms with Gasteiger partial charge in [0.05, 0.1) is 6.10 Å². The molecule has 1 atom stereocenters. The SMILES string of the molecule is CC(O)CN(C)C(=O)CC(=O)O. The van der Waals surface area contributed by atoms with Crippen molar-refractivity contribution in [2.75, 3.05) is 13.6 Å². The van der Waals surface area contributed by atoms with Crippen LogP contribution >= 0.6 is 0 Å². The summed E-state index contributed by atoms with van der Waals surface area (Å²) in [6, 6.07) is 0. The molecule has 0 heterocycles. The highest BCUT2D eigenvalue weighted by atomic mass is 16.4. The number of likely N-dealkylation sites (N-methyl/N-ethyl adjacent to an activating group) is 1. The van der Waals surface area contributed by atoms with Gasteiger partial charge in [-0.1, -0.05) is 0 Å². The van der Waals surface area contributed by atoms with Gasteiger partial charge in [-0.3, -0.25) is 9.59 Å². The quantitative estimate of drug-likeness (QED) is 0.554. The Morgan fingerprint density at radius 3 is 2.33 bits per heavy atom. The van der Waals surface area contributed by atoms with Crippen molar-refractivity contribution in [3.05, 3.63) is 0 Å². The minimum absolute atomic E-state index is 0.159. The topological polar surface area (TPSA) is 77.8 Å². The highest BCUT2D eigenvalue weighted by Crippen LogP contribution is 1.93. The first kappa shape index (κ1) is 10.9. The maximum Gasteiger partial charge on any atom is 0.312 e. The monoisotopic (exact) mass is 175 g/mol. The number of carbonyl (C=O) groups is 2. The Hall–Kier alpha value is -1.10. The van der Waals surface area contributed by atoms with Crippen molar-refractivity contribution in [2.45, 2.75) is 19.4 Å². The molecule has 70 valence electrons. The van der Waals surface area contributed by atoms with E-state index in [1.54, 1.807) is 0 Å². The fourth-order valence-corrected chi connectivity index (χ4v) is 0.762. The maximum atomic E-state index is 10.9. The van der Waals surface area contributed by atoms with Crippen LogP contribution in [0, 0.1) is 0 Å². The van der Waals surface area contributed by atoms with Gasteiger partial charge in [0.25, 0.3) is 0 Å². The lowest BCUT2D eigenvalue weighted by Gasteiger charge is -2.17. The van der Waals surface area contributed by atoms with Crippen molar-refractivity contribution in [1.82, 2.24) is 4.90 Å². The van der Waals surface area contributed by atoms with Gasteiger partial charge in [0.1, 0.15) is 6.42 Å². The molecule has 0 bridgehead atoms. The van der Waals surface area contributed by atoms with Crippen molar-refractivity contribution in [3.8, 4) is 0 Å². The summed E-state index contributed by atoms with van der Waals surface area (Å²) in [6.45, 7) is 1.69. The van der Waals surface area contributed by atoms with E-state index in [0.717, 1.165) is 0 Å². The molecule has 1 amide bonds. The van der Waals surface area contributed by atoms with E-state index in [2.05, 4.69) is 0 Å². The van der Waals surface area contributed by atoms with E-state index in [1.165, 1.54) is 18.9 Å². The average molecular weight is 175 g/mol. The zero-order valence-corrected chi connectivity index (χ0v) is 7.15. The molecule has 0 fully saturated rings. The van der Waals surface area contributed by atoms with Crippen LogP contribution in [0.2, 0.25) is 0 Å². The number of amides is 1. The first-order valence-corrected chi connectivity index (χ1v) is 3.57. The lowest BCUT2D eigenvalue weighted by Crippen LogP contribution is -2.34. The predicted octanol–water partition coefficient (Wildman–Crippen LogP) is -0.700. The maximum absolute atomic E-state index is 10.9. The van der Waals surface area contributed by atoms with E-state index in [4.69, 9.17) is 10.2 Å². The number of carboxylic acids is 1. The highest BCUT2D eigenvalue weighted by molar-refractivity contribution is 5.93. The number of aliphatic hydroxyl groups excluding tert-OH is 1. The van der Waals surface area contributed by atoms with Crippen molar-refractivity contribution >= 4 is 11.9 Å². The second-order valence-corrected chi connectivity index (χ2v) is 2.69. The van der Waals surface area contributed by atoms with E-state index in [1.807, 2.05) is 0 Å². The van der Waals surface area contributed by atoms with Crippen LogP contribution in [-0.2, 0) is 9.59 Å². The number of aliphatic carboxylic acids is 1. The number of carboxylic acid groups (broad SMARTS) is 1. The zero-order chi connectivity index (χ0) is 9.72. The third kappa shape index (κ3) is 4.68. The van der Waals surface area contributed by atoms with Gasteiger partial charge in [0.2, 0.25) is 5.91 Å². The second kappa shape index (κ2) is 4.71. The molecule has 5 heteroatoms. The molecular weight excluding hydrogens is 162 g/mol. The van der Waals surface area contributed by atoms with Crippen molar-refractivity contribution in [2.24, 2.45) is 0 Å². The van der Waals surface area contributed by atoms with Crippen LogP contribution in [-0.4, -0.2) is 46.7 Å². The summed E-state index contributed by atoms with van der Waals surface area (Å²) < 4.78 is 0. The van der Waals surface area contributed by atoms with Gasteiger partial charge in [0, 0.05) is 13.6 Å². The molecule has 0 spiro atoms. The van der Waals surface area contributed by atoms with Crippen molar-refractivity contribution in [1.29, 1.82) is 0 Å². The summed E-state index contributed by atoms with van der Waals surface area (Å²) in [5.41, 5.74) is 0. The Morgan fingerprint density at radius 2 is 2.00 bits per heavy atom. The number of nitrogens with zero attached hydrogens (tertiary/aromatic N) is 1. The van der Waals surface area contributed by atoms with Gasteiger partial charge < -0.3 is 15.1 Å². The number of hydrogen-bond acceptors (Lipinski definition) is 3. The largest absolute Gasteiger partial charge is 0.481 e. The summed E-state index contributed by atoms with van der Waals surface area (Å²) >= 11 is 0. The van der Waals surface area contributed by atoms with Gasteiger partial charge >= 0.3 is 5.97 Å².